The Morgan fingerprint density at radius 3 is 2.56 bits per heavy atom. The van der Waals surface area contributed by atoms with Crippen molar-refractivity contribution in [3.8, 4) is 11.5 Å². The van der Waals surface area contributed by atoms with Crippen LogP contribution in [0.2, 0.25) is 0 Å². The van der Waals surface area contributed by atoms with E-state index in [0.29, 0.717) is 12.8 Å². The minimum absolute atomic E-state index is 0.0518. The average Bonchev–Trinajstić information content (AvgIpc) is 2.20. The second-order valence-corrected chi connectivity index (χ2v) is 5.13. The predicted molar refractivity (Wildman–Crippen MR) is 65.5 cm³/mol. The summed E-state index contributed by atoms with van der Waals surface area (Å²) in [6.07, 6.45) is 1.50. The summed E-state index contributed by atoms with van der Waals surface area (Å²) in [5.74, 6) is -2.09. The van der Waals surface area contributed by atoms with Crippen LogP contribution < -0.4 is 4.74 Å². The fourth-order valence-electron chi connectivity index (χ4n) is 2.32. The Kier molecular flexibility index (Phi) is 3.23. The van der Waals surface area contributed by atoms with E-state index in [1.807, 2.05) is 0 Å². The Labute approximate surface area is 112 Å². The number of aliphatic carboxylic acids is 1. The van der Waals surface area contributed by atoms with Gasteiger partial charge in [-0.1, -0.05) is 6.42 Å². The molecule has 4 nitrogen and oxygen atoms in total. The monoisotopic (exact) mass is 318 g/mol. The van der Waals surface area contributed by atoms with Crippen molar-refractivity contribution in [1.82, 2.24) is 0 Å². The highest BCUT2D eigenvalue weighted by Crippen LogP contribution is 2.51. The van der Waals surface area contributed by atoms with E-state index in [-0.39, 0.29) is 21.5 Å². The lowest BCUT2D eigenvalue weighted by Gasteiger charge is -2.39. The Balaban J connectivity index is 2.67. The van der Waals surface area contributed by atoms with Crippen molar-refractivity contribution in [2.24, 2.45) is 0 Å². The zero-order valence-corrected chi connectivity index (χ0v) is 11.3. The normalized spacial score (nSPS) is 17.1. The minimum atomic E-state index is -1.22. The van der Waals surface area contributed by atoms with Crippen LogP contribution in [0.25, 0.3) is 0 Å². The molecular weight excluding hydrogens is 307 g/mol. The zero-order chi connectivity index (χ0) is 13.5. The molecule has 0 radical (unpaired) electrons. The molecule has 1 aliphatic carbocycles. The van der Waals surface area contributed by atoms with E-state index >= 15 is 0 Å². The molecule has 0 amide bonds. The van der Waals surface area contributed by atoms with Gasteiger partial charge >= 0.3 is 5.97 Å². The van der Waals surface area contributed by atoms with Crippen molar-refractivity contribution in [2.75, 3.05) is 7.11 Å². The maximum absolute atomic E-state index is 14.0. The number of phenols is 1. The molecule has 1 aliphatic rings. The molecule has 0 bridgehead atoms. The summed E-state index contributed by atoms with van der Waals surface area (Å²) < 4.78 is 19.1. The topological polar surface area (TPSA) is 66.8 Å². The fraction of sp³-hybridized carbons (Fsp3) is 0.417. The van der Waals surface area contributed by atoms with E-state index in [1.54, 1.807) is 0 Å². The van der Waals surface area contributed by atoms with Crippen LogP contribution >= 0.6 is 15.9 Å². The number of ether oxygens (including phenoxy) is 1. The van der Waals surface area contributed by atoms with Crippen LogP contribution in [-0.2, 0) is 10.2 Å². The van der Waals surface area contributed by atoms with E-state index in [1.165, 1.54) is 7.11 Å². The molecule has 0 unspecified atom stereocenters. The summed E-state index contributed by atoms with van der Waals surface area (Å²) in [6, 6.07) is 0.891. The van der Waals surface area contributed by atoms with Gasteiger partial charge in [0, 0.05) is 11.6 Å². The number of carbonyl (C=O) groups is 1. The smallest absolute Gasteiger partial charge is 0.314 e. The standard InChI is InChI=1S/C12H12BrFO4/c1-18-10-7(15)5-6(14)8(9(10)13)12(11(16)17)3-2-4-12/h5,15H,2-4H2,1H3,(H,16,17). The van der Waals surface area contributed by atoms with E-state index in [4.69, 9.17) is 4.74 Å². The largest absolute Gasteiger partial charge is 0.504 e. The minimum Gasteiger partial charge on any atom is -0.504 e. The number of methoxy groups -OCH3 is 1. The van der Waals surface area contributed by atoms with Crippen LogP contribution in [0.3, 0.4) is 0 Å². The average molecular weight is 319 g/mol. The van der Waals surface area contributed by atoms with Crippen LogP contribution in [-0.4, -0.2) is 23.3 Å². The SMILES string of the molecule is COc1c(O)cc(F)c(C2(C(=O)O)CCC2)c1Br. The van der Waals surface area contributed by atoms with Gasteiger partial charge in [-0.15, -0.1) is 0 Å². The van der Waals surface area contributed by atoms with E-state index < -0.39 is 17.2 Å². The second kappa shape index (κ2) is 4.42. The van der Waals surface area contributed by atoms with E-state index in [9.17, 15) is 19.4 Å². The van der Waals surface area contributed by atoms with Gasteiger partial charge in [-0.3, -0.25) is 4.79 Å². The van der Waals surface area contributed by atoms with Crippen molar-refractivity contribution >= 4 is 21.9 Å². The summed E-state index contributed by atoms with van der Waals surface area (Å²) in [5.41, 5.74) is -1.17. The second-order valence-electron chi connectivity index (χ2n) is 4.34. The van der Waals surface area contributed by atoms with Gasteiger partial charge in [0.05, 0.1) is 17.0 Å². The molecule has 1 fully saturated rings. The van der Waals surface area contributed by atoms with Crippen LogP contribution in [0.1, 0.15) is 24.8 Å². The van der Waals surface area contributed by atoms with Crippen LogP contribution in [0.15, 0.2) is 10.5 Å². The molecule has 1 aromatic rings. The molecule has 1 saturated carbocycles. The summed E-state index contributed by atoms with van der Waals surface area (Å²) in [4.78, 5) is 11.4. The molecule has 0 atom stereocenters. The lowest BCUT2D eigenvalue weighted by atomic mass is 9.64. The number of carboxylic acids is 1. The van der Waals surface area contributed by atoms with Gasteiger partial charge in [0.15, 0.2) is 11.5 Å². The highest BCUT2D eigenvalue weighted by molar-refractivity contribution is 9.10. The maximum Gasteiger partial charge on any atom is 0.314 e. The van der Waals surface area contributed by atoms with Gasteiger partial charge < -0.3 is 14.9 Å². The van der Waals surface area contributed by atoms with Gasteiger partial charge in [0.25, 0.3) is 0 Å². The first kappa shape index (κ1) is 13.1. The molecule has 18 heavy (non-hydrogen) atoms. The number of halogens is 2. The first-order valence-electron chi connectivity index (χ1n) is 5.43. The third-order valence-corrected chi connectivity index (χ3v) is 4.21. The van der Waals surface area contributed by atoms with Gasteiger partial charge in [0.1, 0.15) is 5.82 Å². The van der Waals surface area contributed by atoms with Crippen LogP contribution in [0.5, 0.6) is 11.5 Å². The number of carboxylic acid groups (broad SMARTS) is 1. The van der Waals surface area contributed by atoms with Crippen molar-refractivity contribution in [3.63, 3.8) is 0 Å². The summed E-state index contributed by atoms with van der Waals surface area (Å²) in [6.45, 7) is 0. The van der Waals surface area contributed by atoms with Crippen molar-refractivity contribution in [1.29, 1.82) is 0 Å². The number of hydrogen-bond donors (Lipinski definition) is 2. The van der Waals surface area contributed by atoms with Crippen LogP contribution in [0.4, 0.5) is 4.39 Å². The summed E-state index contributed by atoms with van der Waals surface area (Å²) in [5, 5.41) is 18.9. The molecule has 2 N–H and O–H groups in total. The van der Waals surface area contributed by atoms with Crippen molar-refractivity contribution in [2.45, 2.75) is 24.7 Å². The van der Waals surface area contributed by atoms with E-state index in [2.05, 4.69) is 15.9 Å². The number of aromatic hydroxyl groups is 1. The number of benzene rings is 1. The molecule has 0 spiro atoms. The molecule has 1 aromatic carbocycles. The van der Waals surface area contributed by atoms with Crippen LogP contribution in [0, 0.1) is 5.82 Å². The number of hydrogen-bond acceptors (Lipinski definition) is 3. The third kappa shape index (κ3) is 1.67. The quantitative estimate of drug-likeness (QED) is 0.899. The summed E-state index contributed by atoms with van der Waals surface area (Å²) >= 11 is 3.13. The highest BCUT2D eigenvalue weighted by atomic mass is 79.9. The zero-order valence-electron chi connectivity index (χ0n) is 9.67. The van der Waals surface area contributed by atoms with E-state index in [0.717, 1.165) is 12.5 Å². The van der Waals surface area contributed by atoms with Gasteiger partial charge in [-0.2, -0.15) is 0 Å². The Morgan fingerprint density at radius 1 is 1.56 bits per heavy atom. The Morgan fingerprint density at radius 2 is 2.17 bits per heavy atom. The lowest BCUT2D eigenvalue weighted by Crippen LogP contribution is -2.43. The fourth-order valence-corrected chi connectivity index (χ4v) is 3.26. The molecule has 0 aromatic heterocycles. The molecule has 0 heterocycles. The predicted octanol–water partition coefficient (Wildman–Crippen LogP) is 2.81. The van der Waals surface area contributed by atoms with Gasteiger partial charge in [0.2, 0.25) is 0 Å². The maximum atomic E-state index is 14.0. The van der Waals surface area contributed by atoms with Crippen molar-refractivity contribution < 1.29 is 24.1 Å². The summed E-state index contributed by atoms with van der Waals surface area (Å²) in [7, 11) is 1.33. The number of phenolic OH excluding ortho intramolecular Hbond substituents is 1. The molecule has 6 heteroatoms. The van der Waals surface area contributed by atoms with Gasteiger partial charge in [-0.25, -0.2) is 4.39 Å². The Hall–Kier alpha value is -1.30. The molecule has 98 valence electrons. The molecular formula is C12H12BrFO4. The molecule has 0 aliphatic heterocycles. The number of rotatable bonds is 3. The lowest BCUT2D eigenvalue weighted by molar-refractivity contribution is -0.147. The molecule has 2 rings (SSSR count). The molecule has 0 saturated heterocycles. The highest BCUT2D eigenvalue weighted by Gasteiger charge is 2.49. The first-order valence-corrected chi connectivity index (χ1v) is 6.22. The van der Waals surface area contributed by atoms with Crippen molar-refractivity contribution in [3.05, 3.63) is 21.9 Å². The third-order valence-electron chi connectivity index (χ3n) is 3.45. The Bertz CT molecular complexity index is 511. The van der Waals surface area contributed by atoms with Gasteiger partial charge in [-0.05, 0) is 28.8 Å². The first-order chi connectivity index (χ1) is 8.44.